The number of hydrogen-bond donors (Lipinski definition) is 1. The van der Waals surface area contributed by atoms with Gasteiger partial charge in [0, 0.05) is 24.8 Å². The van der Waals surface area contributed by atoms with Crippen molar-refractivity contribution in [2.24, 2.45) is 0 Å². The Bertz CT molecular complexity index is 625. The van der Waals surface area contributed by atoms with Crippen LogP contribution in [0.1, 0.15) is 25.7 Å². The third kappa shape index (κ3) is 2.11. The third-order valence-electron chi connectivity index (χ3n) is 4.49. The Morgan fingerprint density at radius 3 is 3.10 bits per heavy atom. The highest BCUT2D eigenvalue weighted by molar-refractivity contribution is 9.10. The van der Waals surface area contributed by atoms with E-state index in [1.807, 2.05) is 22.8 Å². The lowest BCUT2D eigenvalue weighted by Crippen LogP contribution is -2.41. The van der Waals surface area contributed by atoms with E-state index in [0.717, 1.165) is 16.1 Å². The Balaban J connectivity index is 1.57. The second kappa shape index (κ2) is 5.00. The second-order valence-electron chi connectivity index (χ2n) is 5.70. The van der Waals surface area contributed by atoms with Crippen LogP contribution in [0.3, 0.4) is 0 Å². The minimum atomic E-state index is 0.492. The summed E-state index contributed by atoms with van der Waals surface area (Å²) in [7, 11) is 0. The number of hydrogen-bond acceptors (Lipinski definition) is 4. The van der Waals surface area contributed by atoms with Gasteiger partial charge in [-0.25, -0.2) is 4.52 Å². The van der Waals surface area contributed by atoms with E-state index < -0.39 is 0 Å². The quantitative estimate of drug-likeness (QED) is 0.915. The summed E-state index contributed by atoms with van der Waals surface area (Å²) in [6.07, 6.45) is 7.13. The summed E-state index contributed by atoms with van der Waals surface area (Å²) < 4.78 is 2.80. The summed E-state index contributed by atoms with van der Waals surface area (Å²) in [4.78, 5) is 7.21. The topological polar surface area (TPSA) is 45.5 Å². The van der Waals surface area contributed by atoms with Crippen molar-refractivity contribution in [3.63, 3.8) is 0 Å². The molecule has 0 aromatic carbocycles. The van der Waals surface area contributed by atoms with Crippen molar-refractivity contribution in [1.29, 1.82) is 0 Å². The van der Waals surface area contributed by atoms with E-state index in [9.17, 15) is 0 Å². The van der Waals surface area contributed by atoms with E-state index in [0.29, 0.717) is 12.1 Å². The van der Waals surface area contributed by atoms with Crippen LogP contribution in [0.4, 0.5) is 5.95 Å². The summed E-state index contributed by atoms with van der Waals surface area (Å²) in [5.74, 6) is 0.745. The fourth-order valence-corrected chi connectivity index (χ4v) is 3.94. The molecule has 2 unspecified atom stereocenters. The number of anilines is 1. The molecule has 2 aliphatic heterocycles. The molecule has 106 valence electrons. The molecule has 5 nitrogen and oxygen atoms in total. The fourth-order valence-electron chi connectivity index (χ4n) is 3.52. The van der Waals surface area contributed by atoms with Gasteiger partial charge in [0.05, 0.1) is 4.47 Å². The second-order valence-corrected chi connectivity index (χ2v) is 6.55. The molecule has 4 rings (SSSR count). The highest BCUT2D eigenvalue weighted by atomic mass is 79.9. The maximum Gasteiger partial charge on any atom is 0.243 e. The van der Waals surface area contributed by atoms with Crippen LogP contribution in [0.2, 0.25) is 0 Å². The van der Waals surface area contributed by atoms with Gasteiger partial charge in [0.25, 0.3) is 0 Å². The van der Waals surface area contributed by atoms with Gasteiger partial charge in [-0.15, -0.1) is 5.10 Å². The van der Waals surface area contributed by atoms with Crippen LogP contribution in [-0.2, 0) is 0 Å². The molecule has 0 spiro atoms. The molecular weight excluding hydrogens is 318 g/mol. The van der Waals surface area contributed by atoms with E-state index in [-0.39, 0.29) is 0 Å². The first kappa shape index (κ1) is 12.6. The van der Waals surface area contributed by atoms with Gasteiger partial charge in [0.15, 0.2) is 5.65 Å². The molecule has 0 saturated carbocycles. The van der Waals surface area contributed by atoms with Crippen LogP contribution in [0.5, 0.6) is 0 Å². The fraction of sp³-hybridized carbons (Fsp3) is 0.571. The maximum atomic E-state index is 4.59. The van der Waals surface area contributed by atoms with Crippen LogP contribution in [-0.4, -0.2) is 44.7 Å². The average Bonchev–Trinajstić information content (AvgIpc) is 3.05. The first-order chi connectivity index (χ1) is 9.81. The molecule has 2 fully saturated rings. The number of aromatic nitrogens is 3. The van der Waals surface area contributed by atoms with Crippen molar-refractivity contribution in [3.8, 4) is 0 Å². The largest absolute Gasteiger partial charge is 0.349 e. The Morgan fingerprint density at radius 2 is 2.20 bits per heavy atom. The molecule has 20 heavy (non-hydrogen) atoms. The summed E-state index contributed by atoms with van der Waals surface area (Å²) in [6, 6.07) is 5.12. The average molecular weight is 336 g/mol. The number of rotatable bonds is 2. The van der Waals surface area contributed by atoms with E-state index >= 15 is 0 Å². The number of piperidine rings is 1. The molecule has 2 atom stereocenters. The van der Waals surface area contributed by atoms with Crippen molar-refractivity contribution in [2.75, 3.05) is 18.4 Å². The van der Waals surface area contributed by atoms with Crippen LogP contribution in [0.25, 0.3) is 5.65 Å². The number of nitrogens with one attached hydrogen (secondary N) is 1. The molecule has 1 N–H and O–H groups in total. The van der Waals surface area contributed by atoms with Crippen LogP contribution in [0, 0.1) is 0 Å². The minimum absolute atomic E-state index is 0.492. The van der Waals surface area contributed by atoms with Crippen LogP contribution in [0.15, 0.2) is 22.8 Å². The highest BCUT2D eigenvalue weighted by Crippen LogP contribution is 2.29. The van der Waals surface area contributed by atoms with Gasteiger partial charge < -0.3 is 5.32 Å². The van der Waals surface area contributed by atoms with E-state index in [2.05, 4.69) is 36.2 Å². The van der Waals surface area contributed by atoms with Crippen LogP contribution >= 0.6 is 15.9 Å². The first-order valence-electron chi connectivity index (χ1n) is 7.33. The van der Waals surface area contributed by atoms with Crippen molar-refractivity contribution < 1.29 is 0 Å². The molecule has 0 radical (unpaired) electrons. The molecular formula is C14H18BrN5. The van der Waals surface area contributed by atoms with Crippen molar-refractivity contribution in [3.05, 3.63) is 22.8 Å². The number of nitrogens with zero attached hydrogens (tertiary/aromatic N) is 4. The predicted octanol–water partition coefficient (Wildman–Crippen LogP) is 2.53. The van der Waals surface area contributed by atoms with E-state index in [1.54, 1.807) is 0 Å². The first-order valence-corrected chi connectivity index (χ1v) is 8.12. The summed E-state index contributed by atoms with van der Waals surface area (Å²) in [5.41, 5.74) is 0.869. The maximum absolute atomic E-state index is 4.59. The lowest BCUT2D eigenvalue weighted by molar-refractivity contribution is 0.192. The van der Waals surface area contributed by atoms with Gasteiger partial charge in [-0.1, -0.05) is 6.42 Å². The van der Waals surface area contributed by atoms with Gasteiger partial charge in [0.1, 0.15) is 0 Å². The molecule has 0 amide bonds. The predicted molar refractivity (Wildman–Crippen MR) is 81.9 cm³/mol. The standard InChI is InChI=1S/C14H18BrN5/c15-10-4-3-8-20-13(10)17-14(18-20)16-11-6-9-19-7-2-1-5-12(11)19/h3-4,8,11-12H,1-2,5-7,9H2,(H,16,18). The van der Waals surface area contributed by atoms with E-state index in [4.69, 9.17) is 0 Å². The van der Waals surface area contributed by atoms with Crippen molar-refractivity contribution >= 4 is 27.5 Å². The Hall–Kier alpha value is -1.14. The zero-order chi connectivity index (χ0) is 13.5. The normalized spacial score (nSPS) is 26.9. The SMILES string of the molecule is Brc1cccn2nc(NC3CCN4CCCCC34)nc12. The smallest absolute Gasteiger partial charge is 0.243 e. The van der Waals surface area contributed by atoms with Crippen molar-refractivity contribution in [1.82, 2.24) is 19.5 Å². The Morgan fingerprint density at radius 1 is 1.25 bits per heavy atom. The molecule has 2 aromatic heterocycles. The van der Waals surface area contributed by atoms with Gasteiger partial charge in [-0.3, -0.25) is 4.90 Å². The molecule has 0 aliphatic carbocycles. The molecule has 2 aliphatic rings. The molecule has 0 bridgehead atoms. The molecule has 2 aromatic rings. The summed E-state index contributed by atoms with van der Waals surface area (Å²) in [6.45, 7) is 2.46. The summed E-state index contributed by atoms with van der Waals surface area (Å²) >= 11 is 3.52. The summed E-state index contributed by atoms with van der Waals surface area (Å²) in [5, 5.41) is 8.07. The van der Waals surface area contributed by atoms with Crippen molar-refractivity contribution in [2.45, 2.75) is 37.8 Å². The minimum Gasteiger partial charge on any atom is -0.349 e. The number of halogens is 1. The lowest BCUT2D eigenvalue weighted by Gasteiger charge is -2.32. The van der Waals surface area contributed by atoms with Gasteiger partial charge in [-0.2, -0.15) is 4.98 Å². The molecule has 4 heterocycles. The highest BCUT2D eigenvalue weighted by Gasteiger charge is 2.35. The Labute approximate surface area is 126 Å². The third-order valence-corrected chi connectivity index (χ3v) is 5.10. The van der Waals surface area contributed by atoms with E-state index in [1.165, 1.54) is 38.8 Å². The lowest BCUT2D eigenvalue weighted by atomic mass is 9.99. The zero-order valence-electron chi connectivity index (χ0n) is 11.3. The number of pyridine rings is 1. The van der Waals surface area contributed by atoms with Gasteiger partial charge in [-0.05, 0) is 53.9 Å². The van der Waals surface area contributed by atoms with Gasteiger partial charge >= 0.3 is 0 Å². The number of fused-ring (bicyclic) bond motifs is 2. The zero-order valence-corrected chi connectivity index (χ0v) is 12.9. The monoisotopic (exact) mass is 335 g/mol. The Kier molecular flexibility index (Phi) is 3.15. The van der Waals surface area contributed by atoms with Crippen LogP contribution < -0.4 is 5.32 Å². The van der Waals surface area contributed by atoms with Gasteiger partial charge in [0.2, 0.25) is 5.95 Å². The molecule has 2 saturated heterocycles. The molecule has 6 heteroatoms.